The van der Waals surface area contributed by atoms with E-state index in [0.29, 0.717) is 5.57 Å². The van der Waals surface area contributed by atoms with Gasteiger partial charge in [-0.25, -0.2) is 9.18 Å². The van der Waals surface area contributed by atoms with Crippen LogP contribution in [0.2, 0.25) is 0 Å². The van der Waals surface area contributed by atoms with E-state index in [4.69, 9.17) is 4.74 Å². The Morgan fingerprint density at radius 1 is 1.12 bits per heavy atom. The minimum atomic E-state index is -0.365. The van der Waals surface area contributed by atoms with Gasteiger partial charge in [-0.15, -0.1) is 0 Å². The van der Waals surface area contributed by atoms with Crippen LogP contribution in [-0.2, 0) is 9.53 Å². The zero-order valence-electron chi connectivity index (χ0n) is 15.4. The lowest BCUT2D eigenvalue weighted by atomic mass is 10.0. The maximum atomic E-state index is 13.4. The lowest BCUT2D eigenvalue weighted by Crippen LogP contribution is -2.06. The standard InChI is InChI=1S/C22H22FNO2/c1-14(2)24-19-8-6-5-7-18(19)21(16-9-11-17(23)12-10-16)20(24)13-15(3)22(25)26-4/h5-14H,1-4H3. The third-order valence-electron chi connectivity index (χ3n) is 4.46. The summed E-state index contributed by atoms with van der Waals surface area (Å²) in [5.41, 5.74) is 4.39. The Morgan fingerprint density at radius 3 is 2.38 bits per heavy atom. The van der Waals surface area contributed by atoms with Crippen LogP contribution in [0.3, 0.4) is 0 Å². The Kier molecular flexibility index (Phi) is 4.94. The molecule has 3 rings (SSSR count). The summed E-state index contributed by atoms with van der Waals surface area (Å²) >= 11 is 0. The molecular weight excluding hydrogens is 329 g/mol. The normalized spacial score (nSPS) is 12.0. The van der Waals surface area contributed by atoms with Crippen molar-refractivity contribution in [3.05, 3.63) is 65.6 Å². The van der Waals surface area contributed by atoms with Gasteiger partial charge >= 0.3 is 5.97 Å². The second kappa shape index (κ2) is 7.16. The van der Waals surface area contributed by atoms with Gasteiger partial charge in [0.15, 0.2) is 0 Å². The minimum absolute atomic E-state index is 0.186. The van der Waals surface area contributed by atoms with Gasteiger partial charge in [-0.1, -0.05) is 30.3 Å². The monoisotopic (exact) mass is 351 g/mol. The van der Waals surface area contributed by atoms with Gasteiger partial charge in [-0.2, -0.15) is 0 Å². The first kappa shape index (κ1) is 17.9. The number of ether oxygens (including phenoxy) is 1. The molecule has 0 aliphatic heterocycles. The highest BCUT2D eigenvalue weighted by Crippen LogP contribution is 2.38. The van der Waals surface area contributed by atoms with Crippen LogP contribution < -0.4 is 0 Å². The van der Waals surface area contributed by atoms with Gasteiger partial charge < -0.3 is 9.30 Å². The number of para-hydroxylation sites is 1. The van der Waals surface area contributed by atoms with Crippen LogP contribution in [0.25, 0.3) is 28.1 Å². The van der Waals surface area contributed by atoms with Gasteiger partial charge in [0.2, 0.25) is 0 Å². The summed E-state index contributed by atoms with van der Waals surface area (Å²) in [6, 6.07) is 14.7. The molecule has 0 fully saturated rings. The molecular formula is C22H22FNO2. The predicted molar refractivity (Wildman–Crippen MR) is 103 cm³/mol. The number of fused-ring (bicyclic) bond motifs is 1. The first-order valence-corrected chi connectivity index (χ1v) is 8.59. The molecule has 26 heavy (non-hydrogen) atoms. The summed E-state index contributed by atoms with van der Waals surface area (Å²) in [6.45, 7) is 5.94. The highest BCUT2D eigenvalue weighted by molar-refractivity contribution is 6.03. The molecule has 3 aromatic rings. The maximum absolute atomic E-state index is 13.4. The van der Waals surface area contributed by atoms with Crippen LogP contribution in [0, 0.1) is 5.82 Å². The van der Waals surface area contributed by atoms with Gasteiger partial charge in [-0.05, 0) is 50.6 Å². The number of hydrogen-bond donors (Lipinski definition) is 0. The molecule has 4 heteroatoms. The average molecular weight is 351 g/mol. The van der Waals surface area contributed by atoms with E-state index in [0.717, 1.165) is 27.7 Å². The van der Waals surface area contributed by atoms with Gasteiger partial charge in [0.05, 0.1) is 12.8 Å². The number of halogens is 1. The van der Waals surface area contributed by atoms with Crippen molar-refractivity contribution in [2.75, 3.05) is 7.11 Å². The molecule has 0 saturated heterocycles. The lowest BCUT2D eigenvalue weighted by molar-refractivity contribution is -0.135. The number of benzene rings is 2. The molecule has 0 saturated carbocycles. The van der Waals surface area contributed by atoms with E-state index < -0.39 is 0 Å². The number of aromatic nitrogens is 1. The summed E-state index contributed by atoms with van der Waals surface area (Å²) in [5.74, 6) is -0.639. The predicted octanol–water partition coefficient (Wildman–Crippen LogP) is 5.60. The number of esters is 1. The summed E-state index contributed by atoms with van der Waals surface area (Å²) in [6.07, 6.45) is 1.85. The Bertz CT molecular complexity index is 981. The largest absolute Gasteiger partial charge is 0.466 e. The fourth-order valence-corrected chi connectivity index (χ4v) is 3.33. The van der Waals surface area contributed by atoms with Crippen molar-refractivity contribution >= 4 is 22.9 Å². The third kappa shape index (κ3) is 3.15. The van der Waals surface area contributed by atoms with Crippen molar-refractivity contribution in [1.82, 2.24) is 4.57 Å². The van der Waals surface area contributed by atoms with Crippen molar-refractivity contribution in [1.29, 1.82) is 0 Å². The van der Waals surface area contributed by atoms with Crippen molar-refractivity contribution < 1.29 is 13.9 Å². The minimum Gasteiger partial charge on any atom is -0.466 e. The Morgan fingerprint density at radius 2 is 1.77 bits per heavy atom. The van der Waals surface area contributed by atoms with E-state index >= 15 is 0 Å². The van der Waals surface area contributed by atoms with E-state index in [1.807, 2.05) is 18.2 Å². The molecule has 0 unspecified atom stereocenters. The molecule has 0 aliphatic carbocycles. The first-order chi connectivity index (χ1) is 12.4. The van der Waals surface area contributed by atoms with Gasteiger partial charge in [0.1, 0.15) is 5.82 Å². The van der Waals surface area contributed by atoms with Crippen molar-refractivity contribution in [3.63, 3.8) is 0 Å². The molecule has 0 N–H and O–H groups in total. The van der Waals surface area contributed by atoms with Crippen LogP contribution in [0.4, 0.5) is 4.39 Å². The zero-order valence-corrected chi connectivity index (χ0v) is 15.4. The topological polar surface area (TPSA) is 31.2 Å². The van der Waals surface area contributed by atoms with Crippen LogP contribution in [0.5, 0.6) is 0 Å². The zero-order chi connectivity index (χ0) is 18.8. The van der Waals surface area contributed by atoms with Gasteiger partial charge in [0, 0.05) is 28.1 Å². The molecule has 0 amide bonds. The Hall–Kier alpha value is -2.88. The van der Waals surface area contributed by atoms with E-state index in [9.17, 15) is 9.18 Å². The second-order valence-corrected chi connectivity index (χ2v) is 6.57. The highest BCUT2D eigenvalue weighted by atomic mass is 19.1. The molecule has 1 heterocycles. The number of methoxy groups -OCH3 is 1. The highest BCUT2D eigenvalue weighted by Gasteiger charge is 2.19. The van der Waals surface area contributed by atoms with E-state index in [-0.39, 0.29) is 17.8 Å². The lowest BCUT2D eigenvalue weighted by Gasteiger charge is -2.14. The molecule has 0 atom stereocenters. The SMILES string of the molecule is COC(=O)C(C)=Cc1c(-c2ccc(F)cc2)c2ccccc2n1C(C)C. The van der Waals surface area contributed by atoms with E-state index in [1.165, 1.54) is 19.2 Å². The van der Waals surface area contributed by atoms with Crippen molar-refractivity contribution in [2.24, 2.45) is 0 Å². The first-order valence-electron chi connectivity index (χ1n) is 8.59. The van der Waals surface area contributed by atoms with Crippen molar-refractivity contribution in [2.45, 2.75) is 26.8 Å². The molecule has 0 aliphatic rings. The van der Waals surface area contributed by atoms with Crippen LogP contribution in [0.15, 0.2) is 54.1 Å². The Balaban J connectivity index is 2.39. The molecule has 3 nitrogen and oxygen atoms in total. The molecule has 2 aromatic carbocycles. The number of hydrogen-bond acceptors (Lipinski definition) is 2. The van der Waals surface area contributed by atoms with E-state index in [2.05, 4.69) is 30.5 Å². The molecule has 134 valence electrons. The van der Waals surface area contributed by atoms with Gasteiger partial charge in [-0.3, -0.25) is 0 Å². The van der Waals surface area contributed by atoms with Crippen LogP contribution in [-0.4, -0.2) is 17.6 Å². The third-order valence-corrected chi connectivity index (χ3v) is 4.46. The van der Waals surface area contributed by atoms with Gasteiger partial charge in [0.25, 0.3) is 0 Å². The Labute approximate surface area is 152 Å². The number of rotatable bonds is 4. The molecule has 0 spiro atoms. The number of carbonyl (C=O) groups is 1. The summed E-state index contributed by atoms with van der Waals surface area (Å²) < 4.78 is 20.5. The fraction of sp³-hybridized carbons (Fsp3) is 0.227. The fourth-order valence-electron chi connectivity index (χ4n) is 3.33. The summed E-state index contributed by atoms with van der Waals surface area (Å²) in [7, 11) is 1.37. The van der Waals surface area contributed by atoms with E-state index in [1.54, 1.807) is 19.1 Å². The molecule has 0 bridgehead atoms. The summed E-state index contributed by atoms with van der Waals surface area (Å²) in [5, 5.41) is 1.07. The summed E-state index contributed by atoms with van der Waals surface area (Å²) in [4.78, 5) is 12.0. The van der Waals surface area contributed by atoms with Crippen LogP contribution >= 0.6 is 0 Å². The number of carbonyl (C=O) groups excluding carboxylic acids is 1. The number of nitrogens with zero attached hydrogens (tertiary/aromatic N) is 1. The van der Waals surface area contributed by atoms with Crippen molar-refractivity contribution in [3.8, 4) is 11.1 Å². The molecule has 1 aromatic heterocycles. The van der Waals surface area contributed by atoms with Crippen LogP contribution in [0.1, 0.15) is 32.5 Å². The maximum Gasteiger partial charge on any atom is 0.333 e. The second-order valence-electron chi connectivity index (χ2n) is 6.57. The quantitative estimate of drug-likeness (QED) is 0.452. The smallest absolute Gasteiger partial charge is 0.333 e. The molecule has 0 radical (unpaired) electrons. The average Bonchev–Trinajstić information content (AvgIpc) is 2.95.